The molecule has 0 unspecified atom stereocenters. The van der Waals surface area contributed by atoms with Crippen molar-refractivity contribution in [1.29, 1.82) is 0 Å². The lowest BCUT2D eigenvalue weighted by Crippen LogP contribution is -2.30. The van der Waals surface area contributed by atoms with Gasteiger partial charge < -0.3 is 14.8 Å². The summed E-state index contributed by atoms with van der Waals surface area (Å²) in [6, 6.07) is 10.3. The average Bonchev–Trinajstić information content (AvgIpc) is 2.62. The fourth-order valence-corrected chi connectivity index (χ4v) is 2.16. The highest BCUT2D eigenvalue weighted by atomic mass is 16.6. The Kier molecular flexibility index (Phi) is 5.90. The van der Waals surface area contributed by atoms with Gasteiger partial charge in [0.25, 0.3) is 11.6 Å². The monoisotopic (exact) mass is 358 g/mol. The number of nitrogens with zero attached hydrogens (tertiary/aromatic N) is 1. The van der Waals surface area contributed by atoms with Crippen molar-refractivity contribution in [2.45, 2.75) is 20.0 Å². The highest BCUT2D eigenvalue weighted by molar-refractivity contribution is 5.96. The van der Waals surface area contributed by atoms with E-state index < -0.39 is 16.9 Å². The lowest BCUT2D eigenvalue weighted by Gasteiger charge is -2.16. The molecule has 1 N–H and O–H groups in total. The minimum Gasteiger partial charge on any atom is -0.494 e. The summed E-state index contributed by atoms with van der Waals surface area (Å²) < 4.78 is 10.6. The van der Waals surface area contributed by atoms with Crippen LogP contribution in [0.3, 0.4) is 0 Å². The second-order valence-electron chi connectivity index (χ2n) is 5.47. The number of hydrogen-bond donors (Lipinski definition) is 1. The number of nitro benzene ring substituents is 1. The molecule has 2 rings (SSSR count). The zero-order chi connectivity index (χ0) is 19.3. The van der Waals surface area contributed by atoms with E-state index in [0.717, 1.165) is 0 Å². The summed E-state index contributed by atoms with van der Waals surface area (Å²) in [7, 11) is 1.35. The van der Waals surface area contributed by atoms with E-state index in [2.05, 4.69) is 5.32 Å². The van der Waals surface area contributed by atoms with Gasteiger partial charge in [0.05, 0.1) is 23.8 Å². The maximum Gasteiger partial charge on any atom is 0.273 e. The fourth-order valence-electron chi connectivity index (χ4n) is 2.16. The highest BCUT2D eigenvalue weighted by Crippen LogP contribution is 2.29. The number of carbonyl (C=O) groups is 2. The summed E-state index contributed by atoms with van der Waals surface area (Å²) in [5, 5.41) is 13.4. The van der Waals surface area contributed by atoms with Crippen molar-refractivity contribution < 1.29 is 24.0 Å². The van der Waals surface area contributed by atoms with Crippen LogP contribution in [0.5, 0.6) is 11.5 Å². The standard InChI is InChI=1S/C18H18N2O6/c1-11(21)13-4-7-15(8-5-13)26-12(2)18(22)19-16-9-6-14(20(23)24)10-17(16)25-3/h4-10,12H,1-3H3,(H,19,22)/t12-/m0/s1. The number of ketones is 1. The first kappa shape index (κ1) is 18.9. The minimum atomic E-state index is -0.835. The number of Topliss-reactive ketones (excluding diaryl/α,β-unsaturated/α-hetero) is 1. The summed E-state index contributed by atoms with van der Waals surface area (Å²) in [4.78, 5) is 33.8. The average molecular weight is 358 g/mol. The normalized spacial score (nSPS) is 11.3. The van der Waals surface area contributed by atoms with E-state index in [9.17, 15) is 19.7 Å². The Hall–Kier alpha value is -3.42. The van der Waals surface area contributed by atoms with Gasteiger partial charge in [-0.15, -0.1) is 0 Å². The number of non-ortho nitro benzene ring substituents is 1. The molecule has 1 atom stereocenters. The molecule has 2 aromatic rings. The second-order valence-corrected chi connectivity index (χ2v) is 5.47. The number of nitro groups is 1. The molecule has 0 bridgehead atoms. The van der Waals surface area contributed by atoms with E-state index >= 15 is 0 Å². The van der Waals surface area contributed by atoms with Crippen LogP contribution in [0, 0.1) is 10.1 Å². The van der Waals surface area contributed by atoms with E-state index in [1.54, 1.807) is 31.2 Å². The summed E-state index contributed by atoms with van der Waals surface area (Å²) >= 11 is 0. The molecule has 0 aliphatic heterocycles. The Morgan fingerprint density at radius 3 is 2.35 bits per heavy atom. The maximum atomic E-state index is 12.3. The van der Waals surface area contributed by atoms with E-state index in [1.165, 1.54) is 32.2 Å². The van der Waals surface area contributed by atoms with Crippen molar-refractivity contribution in [1.82, 2.24) is 0 Å². The van der Waals surface area contributed by atoms with Crippen molar-refractivity contribution in [2.75, 3.05) is 12.4 Å². The number of ether oxygens (including phenoxy) is 2. The van der Waals surface area contributed by atoms with Gasteiger partial charge in [0.15, 0.2) is 11.9 Å². The molecule has 136 valence electrons. The van der Waals surface area contributed by atoms with Crippen molar-refractivity contribution in [3.8, 4) is 11.5 Å². The van der Waals surface area contributed by atoms with Crippen LogP contribution < -0.4 is 14.8 Å². The van der Waals surface area contributed by atoms with E-state index in [4.69, 9.17) is 9.47 Å². The van der Waals surface area contributed by atoms with Gasteiger partial charge in [0.2, 0.25) is 0 Å². The SMILES string of the molecule is COc1cc([N+](=O)[O-])ccc1NC(=O)[C@H](C)Oc1ccc(C(C)=O)cc1. The molecule has 0 heterocycles. The van der Waals surface area contributed by atoms with Crippen LogP contribution in [0.25, 0.3) is 0 Å². The van der Waals surface area contributed by atoms with Crippen molar-refractivity contribution >= 4 is 23.1 Å². The minimum absolute atomic E-state index is 0.0624. The number of rotatable bonds is 7. The van der Waals surface area contributed by atoms with Gasteiger partial charge in [-0.25, -0.2) is 0 Å². The summed E-state index contributed by atoms with van der Waals surface area (Å²) in [5.41, 5.74) is 0.699. The second kappa shape index (κ2) is 8.11. The van der Waals surface area contributed by atoms with Gasteiger partial charge in [-0.1, -0.05) is 0 Å². The number of carbonyl (C=O) groups excluding carboxylic acids is 2. The zero-order valence-electron chi connectivity index (χ0n) is 14.5. The van der Waals surface area contributed by atoms with Gasteiger partial charge in [-0.2, -0.15) is 0 Å². The maximum absolute atomic E-state index is 12.3. The van der Waals surface area contributed by atoms with Crippen molar-refractivity contribution in [3.63, 3.8) is 0 Å². The van der Waals surface area contributed by atoms with Crippen LogP contribution in [-0.4, -0.2) is 29.8 Å². The third-order valence-corrected chi connectivity index (χ3v) is 3.60. The molecule has 0 saturated carbocycles. The largest absolute Gasteiger partial charge is 0.494 e. The topological polar surface area (TPSA) is 108 Å². The van der Waals surface area contributed by atoms with E-state index in [0.29, 0.717) is 17.0 Å². The van der Waals surface area contributed by atoms with Crippen molar-refractivity contribution in [2.24, 2.45) is 0 Å². The Labute approximate surface area is 149 Å². The Morgan fingerprint density at radius 2 is 1.81 bits per heavy atom. The number of hydrogen-bond acceptors (Lipinski definition) is 6. The van der Waals surface area contributed by atoms with Crippen LogP contribution in [-0.2, 0) is 4.79 Å². The molecule has 0 aromatic heterocycles. The van der Waals surface area contributed by atoms with Crippen molar-refractivity contribution in [3.05, 3.63) is 58.1 Å². The first-order valence-corrected chi connectivity index (χ1v) is 7.72. The molecule has 0 radical (unpaired) electrons. The zero-order valence-corrected chi connectivity index (χ0v) is 14.5. The van der Waals surface area contributed by atoms with Gasteiger partial charge in [0, 0.05) is 11.6 Å². The number of methoxy groups -OCH3 is 1. The number of anilines is 1. The van der Waals surface area contributed by atoms with Gasteiger partial charge >= 0.3 is 0 Å². The highest BCUT2D eigenvalue weighted by Gasteiger charge is 2.18. The summed E-state index contributed by atoms with van der Waals surface area (Å²) in [6.45, 7) is 3.02. The molecule has 2 aromatic carbocycles. The predicted octanol–water partition coefficient (Wildman–Crippen LogP) is 3.21. The molecule has 26 heavy (non-hydrogen) atoms. The third kappa shape index (κ3) is 4.56. The smallest absolute Gasteiger partial charge is 0.273 e. The van der Waals surface area contributed by atoms with Crippen LogP contribution in [0.2, 0.25) is 0 Å². The Bertz CT molecular complexity index is 832. The van der Waals surface area contributed by atoms with E-state index in [-0.39, 0.29) is 17.2 Å². The molecule has 8 nitrogen and oxygen atoms in total. The molecule has 1 amide bonds. The number of nitrogens with one attached hydrogen (secondary N) is 1. The first-order valence-electron chi connectivity index (χ1n) is 7.72. The summed E-state index contributed by atoms with van der Waals surface area (Å²) in [6.07, 6.45) is -0.835. The first-order chi connectivity index (χ1) is 12.3. The third-order valence-electron chi connectivity index (χ3n) is 3.60. The molecule has 8 heteroatoms. The van der Waals surface area contributed by atoms with Crippen LogP contribution in [0.4, 0.5) is 11.4 Å². The van der Waals surface area contributed by atoms with Gasteiger partial charge in [0.1, 0.15) is 11.5 Å². The van der Waals surface area contributed by atoms with Gasteiger partial charge in [-0.05, 0) is 44.2 Å². The lowest BCUT2D eigenvalue weighted by atomic mass is 10.1. The quantitative estimate of drug-likeness (QED) is 0.462. The lowest BCUT2D eigenvalue weighted by molar-refractivity contribution is -0.384. The van der Waals surface area contributed by atoms with E-state index in [1.807, 2.05) is 0 Å². The molecule has 0 spiro atoms. The Morgan fingerprint density at radius 1 is 1.15 bits per heavy atom. The Balaban J connectivity index is 2.06. The molecular formula is C18H18N2O6. The van der Waals surface area contributed by atoms with Gasteiger partial charge in [-0.3, -0.25) is 19.7 Å². The molecular weight excluding hydrogens is 340 g/mol. The van der Waals surface area contributed by atoms with Crippen LogP contribution in [0.1, 0.15) is 24.2 Å². The molecule has 0 aliphatic rings. The molecule has 0 aliphatic carbocycles. The molecule has 0 fully saturated rings. The summed E-state index contributed by atoms with van der Waals surface area (Å²) in [5.74, 6) is 0.0966. The fraction of sp³-hybridized carbons (Fsp3) is 0.222. The van der Waals surface area contributed by atoms with Crippen LogP contribution in [0.15, 0.2) is 42.5 Å². The number of benzene rings is 2. The molecule has 0 saturated heterocycles. The number of amides is 1. The van der Waals surface area contributed by atoms with Crippen LogP contribution >= 0.6 is 0 Å². The predicted molar refractivity (Wildman–Crippen MR) is 94.8 cm³/mol.